The molecule has 0 amide bonds. The molecule has 0 radical (unpaired) electrons. The average Bonchev–Trinajstić information content (AvgIpc) is 2.28. The fraction of sp³-hybridized carbons (Fsp3) is 0.600. The second-order valence-electron chi connectivity index (χ2n) is 5.28. The molecular formula is C15H24N2O. The Bertz CT molecular complexity index is 373. The number of para-hydroxylation sites is 1. The Morgan fingerprint density at radius 1 is 1.28 bits per heavy atom. The van der Waals surface area contributed by atoms with E-state index in [-0.39, 0.29) is 0 Å². The molecule has 1 aromatic rings. The van der Waals surface area contributed by atoms with Gasteiger partial charge in [0.15, 0.2) is 0 Å². The van der Waals surface area contributed by atoms with Gasteiger partial charge in [0.25, 0.3) is 0 Å². The lowest BCUT2D eigenvalue weighted by atomic mass is 9.89. The van der Waals surface area contributed by atoms with Gasteiger partial charge in [-0.3, -0.25) is 0 Å². The SMILES string of the molecule is CCOC1CC(Nc2ccccc2CN(C)C)C1. The van der Waals surface area contributed by atoms with Crippen molar-refractivity contribution in [2.75, 3.05) is 26.0 Å². The average molecular weight is 248 g/mol. The quantitative estimate of drug-likeness (QED) is 0.837. The van der Waals surface area contributed by atoms with Gasteiger partial charge in [0.1, 0.15) is 0 Å². The second-order valence-corrected chi connectivity index (χ2v) is 5.28. The summed E-state index contributed by atoms with van der Waals surface area (Å²) in [5, 5.41) is 3.63. The standard InChI is InChI=1S/C15H24N2O/c1-4-18-14-9-13(10-14)16-15-8-6-5-7-12(15)11-17(2)3/h5-8,13-14,16H,4,9-11H2,1-3H3. The number of hydrogen-bond acceptors (Lipinski definition) is 3. The minimum absolute atomic E-state index is 0.466. The molecule has 0 aliphatic heterocycles. The fourth-order valence-electron chi connectivity index (χ4n) is 2.41. The van der Waals surface area contributed by atoms with Crippen molar-refractivity contribution in [1.82, 2.24) is 4.90 Å². The van der Waals surface area contributed by atoms with E-state index >= 15 is 0 Å². The zero-order valence-electron chi connectivity index (χ0n) is 11.6. The highest BCUT2D eigenvalue weighted by Gasteiger charge is 2.29. The van der Waals surface area contributed by atoms with Crippen molar-refractivity contribution in [2.45, 2.75) is 38.5 Å². The summed E-state index contributed by atoms with van der Waals surface area (Å²) in [6, 6.07) is 9.15. The molecule has 0 unspecified atom stereocenters. The largest absolute Gasteiger partial charge is 0.382 e. The van der Waals surface area contributed by atoms with Gasteiger partial charge in [-0.2, -0.15) is 0 Å². The molecule has 3 nitrogen and oxygen atoms in total. The van der Waals surface area contributed by atoms with Crippen molar-refractivity contribution in [1.29, 1.82) is 0 Å². The third-order valence-electron chi connectivity index (χ3n) is 3.36. The number of hydrogen-bond donors (Lipinski definition) is 1. The Morgan fingerprint density at radius 3 is 2.67 bits per heavy atom. The van der Waals surface area contributed by atoms with Crippen molar-refractivity contribution < 1.29 is 4.74 Å². The van der Waals surface area contributed by atoms with Crippen LogP contribution in [0.5, 0.6) is 0 Å². The van der Waals surface area contributed by atoms with Crippen LogP contribution >= 0.6 is 0 Å². The molecule has 0 bridgehead atoms. The topological polar surface area (TPSA) is 24.5 Å². The highest BCUT2D eigenvalue weighted by molar-refractivity contribution is 5.52. The molecule has 1 aliphatic rings. The summed E-state index contributed by atoms with van der Waals surface area (Å²) in [4.78, 5) is 2.20. The lowest BCUT2D eigenvalue weighted by Crippen LogP contribution is -2.41. The number of benzene rings is 1. The number of nitrogens with one attached hydrogen (secondary N) is 1. The molecule has 3 heteroatoms. The molecule has 2 rings (SSSR count). The normalized spacial score (nSPS) is 22.9. The minimum Gasteiger partial charge on any atom is -0.382 e. The van der Waals surface area contributed by atoms with E-state index < -0.39 is 0 Å². The summed E-state index contributed by atoms with van der Waals surface area (Å²) in [6.45, 7) is 3.87. The highest BCUT2D eigenvalue weighted by Crippen LogP contribution is 2.28. The van der Waals surface area contributed by atoms with Crippen molar-refractivity contribution >= 4 is 5.69 Å². The Kier molecular flexibility index (Phi) is 4.61. The van der Waals surface area contributed by atoms with Gasteiger partial charge in [0.05, 0.1) is 6.10 Å². The van der Waals surface area contributed by atoms with Gasteiger partial charge in [0.2, 0.25) is 0 Å². The van der Waals surface area contributed by atoms with E-state index in [0.29, 0.717) is 12.1 Å². The van der Waals surface area contributed by atoms with E-state index in [1.54, 1.807) is 0 Å². The van der Waals surface area contributed by atoms with Crippen molar-refractivity contribution in [2.24, 2.45) is 0 Å². The number of ether oxygens (including phenoxy) is 1. The summed E-state index contributed by atoms with van der Waals surface area (Å²) in [6.07, 6.45) is 2.72. The van der Waals surface area contributed by atoms with Crippen LogP contribution in [0.3, 0.4) is 0 Å². The molecule has 18 heavy (non-hydrogen) atoms. The maximum absolute atomic E-state index is 5.59. The van der Waals surface area contributed by atoms with Crippen molar-refractivity contribution in [3.05, 3.63) is 29.8 Å². The van der Waals surface area contributed by atoms with Crippen LogP contribution in [0.2, 0.25) is 0 Å². The van der Waals surface area contributed by atoms with Crippen LogP contribution in [0, 0.1) is 0 Å². The summed E-state index contributed by atoms with van der Waals surface area (Å²) in [7, 11) is 4.20. The third-order valence-corrected chi connectivity index (χ3v) is 3.36. The lowest BCUT2D eigenvalue weighted by Gasteiger charge is -2.36. The summed E-state index contributed by atoms with van der Waals surface area (Å²) >= 11 is 0. The van der Waals surface area contributed by atoms with Crippen LogP contribution in [0.15, 0.2) is 24.3 Å². The fourth-order valence-corrected chi connectivity index (χ4v) is 2.41. The molecule has 1 aromatic carbocycles. The first-order valence-electron chi connectivity index (χ1n) is 6.79. The van der Waals surface area contributed by atoms with Crippen LogP contribution in [-0.4, -0.2) is 37.7 Å². The molecule has 1 fully saturated rings. The van der Waals surface area contributed by atoms with Gasteiger partial charge < -0.3 is 15.0 Å². The maximum atomic E-state index is 5.59. The van der Waals surface area contributed by atoms with Crippen LogP contribution < -0.4 is 5.32 Å². The van der Waals surface area contributed by atoms with E-state index in [2.05, 4.69) is 55.5 Å². The predicted molar refractivity (Wildman–Crippen MR) is 75.9 cm³/mol. The Morgan fingerprint density at radius 2 is 2.00 bits per heavy atom. The molecule has 0 aromatic heterocycles. The zero-order valence-corrected chi connectivity index (χ0v) is 11.6. The number of anilines is 1. The molecular weight excluding hydrogens is 224 g/mol. The molecule has 0 spiro atoms. The molecule has 0 saturated heterocycles. The van der Waals surface area contributed by atoms with Gasteiger partial charge in [0, 0.05) is 24.9 Å². The highest BCUT2D eigenvalue weighted by atomic mass is 16.5. The van der Waals surface area contributed by atoms with E-state index in [4.69, 9.17) is 4.74 Å². The molecule has 0 heterocycles. The van der Waals surface area contributed by atoms with E-state index in [9.17, 15) is 0 Å². The molecule has 1 aliphatic carbocycles. The van der Waals surface area contributed by atoms with E-state index in [1.165, 1.54) is 11.3 Å². The lowest BCUT2D eigenvalue weighted by molar-refractivity contribution is 0.00297. The summed E-state index contributed by atoms with van der Waals surface area (Å²) in [5.74, 6) is 0. The predicted octanol–water partition coefficient (Wildman–Crippen LogP) is 2.73. The Labute approximate surface area is 110 Å². The number of rotatable bonds is 6. The molecule has 100 valence electrons. The molecule has 0 atom stereocenters. The van der Waals surface area contributed by atoms with E-state index in [1.807, 2.05) is 0 Å². The first-order chi connectivity index (χ1) is 8.69. The van der Waals surface area contributed by atoms with Crippen molar-refractivity contribution in [3.8, 4) is 0 Å². The first kappa shape index (κ1) is 13.4. The monoisotopic (exact) mass is 248 g/mol. The van der Waals surface area contributed by atoms with Crippen LogP contribution in [0.4, 0.5) is 5.69 Å². The Hall–Kier alpha value is -1.06. The van der Waals surface area contributed by atoms with Crippen molar-refractivity contribution in [3.63, 3.8) is 0 Å². The van der Waals surface area contributed by atoms with Gasteiger partial charge >= 0.3 is 0 Å². The van der Waals surface area contributed by atoms with Crippen LogP contribution in [0.25, 0.3) is 0 Å². The van der Waals surface area contributed by atoms with E-state index in [0.717, 1.165) is 26.0 Å². The van der Waals surface area contributed by atoms with Crippen LogP contribution in [0.1, 0.15) is 25.3 Å². The summed E-state index contributed by atoms with van der Waals surface area (Å²) in [5.41, 5.74) is 2.63. The van der Waals surface area contributed by atoms with Gasteiger partial charge in [-0.05, 0) is 45.5 Å². The second kappa shape index (κ2) is 6.21. The molecule has 1 N–H and O–H groups in total. The van der Waals surface area contributed by atoms with Gasteiger partial charge in [-0.25, -0.2) is 0 Å². The first-order valence-corrected chi connectivity index (χ1v) is 6.79. The smallest absolute Gasteiger partial charge is 0.0614 e. The minimum atomic E-state index is 0.466. The third kappa shape index (κ3) is 3.47. The maximum Gasteiger partial charge on any atom is 0.0614 e. The number of nitrogens with zero attached hydrogens (tertiary/aromatic N) is 1. The van der Waals surface area contributed by atoms with Gasteiger partial charge in [-0.15, -0.1) is 0 Å². The zero-order chi connectivity index (χ0) is 13.0. The van der Waals surface area contributed by atoms with Crippen LogP contribution in [-0.2, 0) is 11.3 Å². The summed E-state index contributed by atoms with van der Waals surface area (Å²) < 4.78 is 5.59. The van der Waals surface area contributed by atoms with Gasteiger partial charge in [-0.1, -0.05) is 18.2 Å². The molecule has 1 saturated carbocycles. The Balaban J connectivity index is 1.90.